The third kappa shape index (κ3) is 4.42. The fourth-order valence-corrected chi connectivity index (χ4v) is 2.42. The van der Waals surface area contributed by atoms with Gasteiger partial charge in [0.25, 0.3) is 0 Å². The van der Waals surface area contributed by atoms with Crippen molar-refractivity contribution in [1.82, 2.24) is 10.6 Å². The molecule has 2 amide bonds. The van der Waals surface area contributed by atoms with Crippen LogP contribution in [-0.4, -0.2) is 36.1 Å². The predicted molar refractivity (Wildman–Crippen MR) is 64.1 cm³/mol. The summed E-state index contributed by atoms with van der Waals surface area (Å²) in [7, 11) is 0. The second-order valence-electron chi connectivity index (χ2n) is 3.78. The molecule has 6 heteroatoms. The Morgan fingerprint density at radius 3 is 3.07 bits per heavy atom. The predicted octanol–water partition coefficient (Wildman–Crippen LogP) is 0.372. The quantitative estimate of drug-likeness (QED) is 0.611. The van der Waals surface area contributed by atoms with Crippen molar-refractivity contribution in [3.05, 3.63) is 0 Å². The van der Waals surface area contributed by atoms with E-state index in [1.54, 1.807) is 11.8 Å². The summed E-state index contributed by atoms with van der Waals surface area (Å²) in [6.45, 7) is 5.45. The van der Waals surface area contributed by atoms with Gasteiger partial charge < -0.3 is 16.4 Å². The van der Waals surface area contributed by atoms with Crippen LogP contribution < -0.4 is 16.4 Å². The van der Waals surface area contributed by atoms with Crippen LogP contribution in [0.25, 0.3) is 0 Å². The number of thioether (sulfide) groups is 1. The average Bonchev–Trinajstić information content (AvgIpc) is 2.60. The van der Waals surface area contributed by atoms with Gasteiger partial charge in [0.05, 0.1) is 6.54 Å². The van der Waals surface area contributed by atoms with Gasteiger partial charge in [-0.2, -0.15) is 0 Å². The number of hydrogen-bond donors (Lipinski definition) is 3. The third-order valence-electron chi connectivity index (χ3n) is 2.18. The first-order chi connectivity index (χ1) is 7.09. The van der Waals surface area contributed by atoms with Crippen LogP contribution in [0.2, 0.25) is 0 Å². The number of rotatable bonds is 4. The molecular weight excluding hydrogens is 212 g/mol. The summed E-state index contributed by atoms with van der Waals surface area (Å²) in [5.41, 5.74) is 4.93. The van der Waals surface area contributed by atoms with Crippen LogP contribution in [0.1, 0.15) is 13.8 Å². The zero-order valence-corrected chi connectivity index (χ0v) is 9.93. The number of carbonyl (C=O) groups is 1. The van der Waals surface area contributed by atoms with E-state index in [-0.39, 0.29) is 0 Å². The number of nitrogens with zero attached hydrogens (tertiary/aromatic N) is 1. The van der Waals surface area contributed by atoms with Crippen LogP contribution in [0.5, 0.6) is 0 Å². The van der Waals surface area contributed by atoms with Gasteiger partial charge in [0.2, 0.25) is 0 Å². The highest BCUT2D eigenvalue weighted by Crippen LogP contribution is 2.18. The normalized spacial score (nSPS) is 23.1. The molecule has 0 unspecified atom stereocenters. The van der Waals surface area contributed by atoms with Crippen molar-refractivity contribution in [2.24, 2.45) is 16.6 Å². The van der Waals surface area contributed by atoms with Crippen LogP contribution in [0.4, 0.5) is 4.79 Å². The number of primary amides is 1. The van der Waals surface area contributed by atoms with Gasteiger partial charge in [0, 0.05) is 18.3 Å². The van der Waals surface area contributed by atoms with E-state index in [1.165, 1.54) is 0 Å². The summed E-state index contributed by atoms with van der Waals surface area (Å²) in [4.78, 5) is 14.7. The SMILES string of the molecule is CC(C)[C@H]1CSC(=NCCNC(N)=O)N1. The van der Waals surface area contributed by atoms with Crippen molar-refractivity contribution in [3.8, 4) is 0 Å². The van der Waals surface area contributed by atoms with Gasteiger partial charge in [-0.3, -0.25) is 4.99 Å². The number of nitrogens with two attached hydrogens (primary N) is 1. The molecule has 0 aromatic rings. The molecule has 0 spiro atoms. The van der Waals surface area contributed by atoms with Gasteiger partial charge in [-0.15, -0.1) is 0 Å². The summed E-state index contributed by atoms with van der Waals surface area (Å²) in [5, 5.41) is 6.82. The molecule has 1 rings (SSSR count). The Morgan fingerprint density at radius 2 is 2.53 bits per heavy atom. The highest BCUT2D eigenvalue weighted by Gasteiger charge is 2.22. The monoisotopic (exact) mass is 230 g/mol. The van der Waals surface area contributed by atoms with E-state index in [1.807, 2.05) is 0 Å². The summed E-state index contributed by atoms with van der Waals surface area (Å²) >= 11 is 1.73. The zero-order valence-electron chi connectivity index (χ0n) is 9.12. The minimum Gasteiger partial charge on any atom is -0.361 e. The molecule has 86 valence electrons. The molecule has 1 aliphatic heterocycles. The first kappa shape index (κ1) is 12.2. The van der Waals surface area contributed by atoms with E-state index >= 15 is 0 Å². The Bertz CT molecular complexity index is 254. The lowest BCUT2D eigenvalue weighted by atomic mass is 10.1. The van der Waals surface area contributed by atoms with Gasteiger partial charge in [-0.1, -0.05) is 25.6 Å². The number of hydrogen-bond acceptors (Lipinski definition) is 3. The summed E-state index contributed by atoms with van der Waals surface area (Å²) < 4.78 is 0. The molecule has 0 saturated carbocycles. The number of aliphatic imine (C=N–C) groups is 1. The molecule has 0 bridgehead atoms. The van der Waals surface area contributed by atoms with E-state index in [4.69, 9.17) is 5.73 Å². The first-order valence-electron chi connectivity index (χ1n) is 5.06. The van der Waals surface area contributed by atoms with Crippen LogP contribution in [-0.2, 0) is 0 Å². The van der Waals surface area contributed by atoms with Gasteiger partial charge in [0.15, 0.2) is 5.17 Å². The molecule has 0 aromatic heterocycles. The topological polar surface area (TPSA) is 79.5 Å². The van der Waals surface area contributed by atoms with E-state index in [2.05, 4.69) is 29.5 Å². The van der Waals surface area contributed by atoms with Crippen LogP contribution >= 0.6 is 11.8 Å². The molecule has 0 aliphatic carbocycles. The maximum atomic E-state index is 10.4. The van der Waals surface area contributed by atoms with Crippen molar-refractivity contribution in [1.29, 1.82) is 0 Å². The maximum absolute atomic E-state index is 10.4. The Kier molecular flexibility index (Phi) is 4.74. The highest BCUT2D eigenvalue weighted by molar-refractivity contribution is 8.14. The Labute approximate surface area is 94.3 Å². The Hall–Kier alpha value is -0.910. The number of nitrogens with one attached hydrogen (secondary N) is 2. The van der Waals surface area contributed by atoms with Crippen molar-refractivity contribution in [3.63, 3.8) is 0 Å². The number of amides is 2. The minimum atomic E-state index is -0.498. The number of amidine groups is 1. The number of carbonyl (C=O) groups excluding carboxylic acids is 1. The molecule has 0 radical (unpaired) electrons. The summed E-state index contributed by atoms with van der Waals surface area (Å²) in [6.07, 6.45) is 0. The van der Waals surface area contributed by atoms with Crippen molar-refractivity contribution in [2.45, 2.75) is 19.9 Å². The average molecular weight is 230 g/mol. The van der Waals surface area contributed by atoms with Gasteiger partial charge in [-0.05, 0) is 5.92 Å². The lowest BCUT2D eigenvalue weighted by molar-refractivity contribution is 0.249. The van der Waals surface area contributed by atoms with Gasteiger partial charge >= 0.3 is 6.03 Å². The van der Waals surface area contributed by atoms with E-state index < -0.39 is 6.03 Å². The lowest BCUT2D eigenvalue weighted by Crippen LogP contribution is -2.33. The molecule has 0 aromatic carbocycles. The largest absolute Gasteiger partial charge is 0.361 e. The molecule has 1 saturated heterocycles. The fourth-order valence-electron chi connectivity index (χ4n) is 1.20. The fraction of sp³-hybridized carbons (Fsp3) is 0.778. The third-order valence-corrected chi connectivity index (χ3v) is 3.23. The molecule has 1 aliphatic rings. The smallest absolute Gasteiger partial charge is 0.312 e. The summed E-state index contributed by atoms with van der Waals surface area (Å²) in [5.74, 6) is 1.69. The zero-order chi connectivity index (χ0) is 11.3. The molecule has 1 atom stereocenters. The maximum Gasteiger partial charge on any atom is 0.312 e. The van der Waals surface area contributed by atoms with Crippen LogP contribution in [0.15, 0.2) is 4.99 Å². The molecule has 5 nitrogen and oxygen atoms in total. The Morgan fingerprint density at radius 1 is 1.80 bits per heavy atom. The molecular formula is C9H18N4OS. The van der Waals surface area contributed by atoms with Crippen molar-refractivity contribution in [2.75, 3.05) is 18.8 Å². The standard InChI is InChI=1S/C9H18N4OS/c1-6(2)7-5-15-9(13-7)12-4-3-11-8(10)14/h6-7H,3-5H2,1-2H3,(H,12,13)(H3,10,11,14)/t7-/m1/s1. The van der Waals surface area contributed by atoms with Crippen molar-refractivity contribution >= 4 is 23.0 Å². The van der Waals surface area contributed by atoms with E-state index in [9.17, 15) is 4.79 Å². The molecule has 15 heavy (non-hydrogen) atoms. The second kappa shape index (κ2) is 5.85. The van der Waals surface area contributed by atoms with Gasteiger partial charge in [0.1, 0.15) is 0 Å². The van der Waals surface area contributed by atoms with E-state index in [0.717, 1.165) is 10.9 Å². The second-order valence-corrected chi connectivity index (χ2v) is 4.79. The Balaban J connectivity index is 2.22. The van der Waals surface area contributed by atoms with Crippen LogP contribution in [0, 0.1) is 5.92 Å². The number of urea groups is 1. The minimum absolute atomic E-state index is 0.493. The van der Waals surface area contributed by atoms with Crippen LogP contribution in [0.3, 0.4) is 0 Å². The van der Waals surface area contributed by atoms with Gasteiger partial charge in [-0.25, -0.2) is 4.79 Å². The molecule has 1 fully saturated rings. The first-order valence-corrected chi connectivity index (χ1v) is 6.05. The van der Waals surface area contributed by atoms with E-state index in [0.29, 0.717) is 25.0 Å². The molecule has 4 N–H and O–H groups in total. The lowest BCUT2D eigenvalue weighted by Gasteiger charge is -2.13. The molecule has 1 heterocycles. The summed E-state index contributed by atoms with van der Waals surface area (Å²) in [6, 6.07) is 0.0140. The van der Waals surface area contributed by atoms with Crippen molar-refractivity contribution < 1.29 is 4.79 Å². The highest BCUT2D eigenvalue weighted by atomic mass is 32.2.